The fraction of sp³-hybridized carbons (Fsp3) is 0.286. The van der Waals surface area contributed by atoms with Gasteiger partial charge in [-0.15, -0.1) is 0 Å². The molecule has 0 aliphatic rings. The maximum atomic E-state index is 11.3. The molecule has 1 heterocycles. The van der Waals surface area contributed by atoms with Gasteiger partial charge in [0.2, 0.25) is 0 Å². The van der Waals surface area contributed by atoms with Gasteiger partial charge < -0.3 is 13.9 Å². The minimum absolute atomic E-state index is 0.334. The van der Waals surface area contributed by atoms with Gasteiger partial charge in [0.15, 0.2) is 22.7 Å². The van der Waals surface area contributed by atoms with Crippen LogP contribution in [0.4, 0.5) is 0 Å². The molecular weight excluding hydrogens is 246 g/mol. The van der Waals surface area contributed by atoms with Gasteiger partial charge in [-0.2, -0.15) is 0 Å². The summed E-state index contributed by atoms with van der Waals surface area (Å²) in [6.45, 7) is 5.54. The average Bonchev–Trinajstić information content (AvgIpc) is 2.70. The highest BCUT2D eigenvalue weighted by atomic mass is 16.5. The van der Waals surface area contributed by atoms with Gasteiger partial charge in [0.1, 0.15) is 5.76 Å². The quantitative estimate of drug-likeness (QED) is 0.481. The molecule has 0 fully saturated rings. The van der Waals surface area contributed by atoms with Crippen LogP contribution in [0.1, 0.15) is 19.7 Å². The predicted molar refractivity (Wildman–Crippen MR) is 69.8 cm³/mol. The van der Waals surface area contributed by atoms with Gasteiger partial charge in [-0.05, 0) is 26.0 Å². The molecule has 19 heavy (non-hydrogen) atoms. The van der Waals surface area contributed by atoms with Crippen LogP contribution in [0.25, 0.3) is 11.1 Å². The number of para-hydroxylation sites is 1. The van der Waals surface area contributed by atoms with Crippen LogP contribution in [-0.2, 0) is 9.53 Å². The van der Waals surface area contributed by atoms with Crippen molar-refractivity contribution in [3.8, 4) is 5.75 Å². The number of esters is 1. The SMILES string of the molecule is CCOC(=O)/C=C(\C)Oc1cccc2oc(C)nc12. The topological polar surface area (TPSA) is 61.6 Å². The fourth-order valence-electron chi connectivity index (χ4n) is 1.67. The Labute approximate surface area is 110 Å². The molecule has 0 unspecified atom stereocenters. The number of hydrogen-bond acceptors (Lipinski definition) is 5. The molecule has 0 aliphatic heterocycles. The van der Waals surface area contributed by atoms with E-state index in [0.29, 0.717) is 35.1 Å². The number of aryl methyl sites for hydroxylation is 1. The normalized spacial score (nSPS) is 11.6. The first-order valence-electron chi connectivity index (χ1n) is 5.99. The van der Waals surface area contributed by atoms with Crippen molar-refractivity contribution in [3.05, 3.63) is 35.9 Å². The molecule has 5 nitrogen and oxygen atoms in total. The molecule has 2 rings (SSSR count). The number of ether oxygens (including phenoxy) is 2. The van der Waals surface area contributed by atoms with Crippen LogP contribution in [0, 0.1) is 6.92 Å². The molecule has 0 saturated heterocycles. The summed E-state index contributed by atoms with van der Waals surface area (Å²) < 4.78 is 15.8. The van der Waals surface area contributed by atoms with E-state index in [9.17, 15) is 4.79 Å². The standard InChI is InChI=1S/C14H15NO4/c1-4-17-13(16)8-9(2)18-11-6-5-7-12-14(11)15-10(3)19-12/h5-8H,4H2,1-3H3/b9-8+. The first kappa shape index (κ1) is 13.1. The summed E-state index contributed by atoms with van der Waals surface area (Å²) in [5.74, 6) is 1.13. The van der Waals surface area contributed by atoms with E-state index in [1.165, 1.54) is 6.08 Å². The molecule has 100 valence electrons. The third kappa shape index (κ3) is 3.13. The lowest BCUT2D eigenvalue weighted by molar-refractivity contribution is -0.137. The van der Waals surface area contributed by atoms with Crippen LogP contribution in [0.5, 0.6) is 5.75 Å². The van der Waals surface area contributed by atoms with Crippen molar-refractivity contribution in [2.75, 3.05) is 6.61 Å². The second kappa shape index (κ2) is 5.56. The summed E-state index contributed by atoms with van der Waals surface area (Å²) in [5.41, 5.74) is 1.29. The summed E-state index contributed by atoms with van der Waals surface area (Å²) >= 11 is 0. The number of aromatic nitrogens is 1. The zero-order valence-corrected chi connectivity index (χ0v) is 11.1. The Morgan fingerprint density at radius 3 is 3.00 bits per heavy atom. The summed E-state index contributed by atoms with van der Waals surface area (Å²) in [6, 6.07) is 5.39. The number of allylic oxidation sites excluding steroid dienone is 1. The van der Waals surface area contributed by atoms with Gasteiger partial charge in [0, 0.05) is 6.92 Å². The first-order valence-corrected chi connectivity index (χ1v) is 5.99. The maximum absolute atomic E-state index is 11.3. The van der Waals surface area contributed by atoms with E-state index in [4.69, 9.17) is 13.9 Å². The lowest BCUT2D eigenvalue weighted by Gasteiger charge is -2.05. The first-order chi connectivity index (χ1) is 9.10. The maximum Gasteiger partial charge on any atom is 0.334 e. The van der Waals surface area contributed by atoms with Gasteiger partial charge >= 0.3 is 5.97 Å². The van der Waals surface area contributed by atoms with Crippen molar-refractivity contribution >= 4 is 17.1 Å². The van der Waals surface area contributed by atoms with Crippen molar-refractivity contribution in [3.63, 3.8) is 0 Å². The monoisotopic (exact) mass is 261 g/mol. The predicted octanol–water partition coefficient (Wildman–Crippen LogP) is 2.98. The summed E-state index contributed by atoms with van der Waals surface area (Å²) in [7, 11) is 0. The third-order valence-corrected chi connectivity index (χ3v) is 2.37. The number of carbonyl (C=O) groups excluding carboxylic acids is 1. The molecular formula is C14H15NO4. The second-order valence-electron chi connectivity index (χ2n) is 3.94. The minimum Gasteiger partial charge on any atom is -0.463 e. The minimum atomic E-state index is -0.427. The van der Waals surface area contributed by atoms with Gasteiger partial charge in [-0.25, -0.2) is 9.78 Å². The third-order valence-electron chi connectivity index (χ3n) is 2.37. The molecule has 2 aromatic rings. The molecule has 0 saturated carbocycles. The lowest BCUT2D eigenvalue weighted by Crippen LogP contribution is -2.02. The van der Waals surface area contributed by atoms with Crippen LogP contribution in [0.2, 0.25) is 0 Å². The Morgan fingerprint density at radius 1 is 1.47 bits per heavy atom. The second-order valence-corrected chi connectivity index (χ2v) is 3.94. The van der Waals surface area contributed by atoms with Crippen LogP contribution >= 0.6 is 0 Å². The van der Waals surface area contributed by atoms with E-state index in [-0.39, 0.29) is 0 Å². The molecule has 0 radical (unpaired) electrons. The van der Waals surface area contributed by atoms with E-state index in [1.807, 2.05) is 6.07 Å². The summed E-state index contributed by atoms with van der Waals surface area (Å²) in [5, 5.41) is 0. The van der Waals surface area contributed by atoms with E-state index in [2.05, 4.69) is 4.98 Å². The summed E-state index contributed by atoms with van der Waals surface area (Å²) in [6.07, 6.45) is 1.30. The highest BCUT2D eigenvalue weighted by Crippen LogP contribution is 2.26. The van der Waals surface area contributed by atoms with E-state index >= 15 is 0 Å². The zero-order valence-electron chi connectivity index (χ0n) is 11.1. The number of hydrogen-bond donors (Lipinski definition) is 0. The van der Waals surface area contributed by atoms with E-state index in [1.54, 1.807) is 32.9 Å². The van der Waals surface area contributed by atoms with Crippen molar-refractivity contribution in [1.82, 2.24) is 4.98 Å². The number of carbonyl (C=O) groups is 1. The number of nitrogens with zero attached hydrogens (tertiary/aromatic N) is 1. The van der Waals surface area contributed by atoms with Crippen LogP contribution in [-0.4, -0.2) is 17.6 Å². The molecule has 0 amide bonds. The largest absolute Gasteiger partial charge is 0.463 e. The number of benzene rings is 1. The van der Waals surface area contributed by atoms with Crippen molar-refractivity contribution < 1.29 is 18.7 Å². The van der Waals surface area contributed by atoms with Crippen molar-refractivity contribution in [2.24, 2.45) is 0 Å². The fourth-order valence-corrected chi connectivity index (χ4v) is 1.67. The Kier molecular flexibility index (Phi) is 3.85. The smallest absolute Gasteiger partial charge is 0.334 e. The van der Waals surface area contributed by atoms with Crippen molar-refractivity contribution in [2.45, 2.75) is 20.8 Å². The van der Waals surface area contributed by atoms with E-state index in [0.717, 1.165) is 0 Å². The Hall–Kier alpha value is -2.30. The average molecular weight is 261 g/mol. The molecule has 1 aromatic heterocycles. The number of rotatable bonds is 4. The molecule has 0 atom stereocenters. The molecule has 1 aromatic carbocycles. The van der Waals surface area contributed by atoms with Gasteiger partial charge in [0.25, 0.3) is 0 Å². The van der Waals surface area contributed by atoms with Crippen LogP contribution < -0.4 is 4.74 Å². The number of oxazole rings is 1. The zero-order chi connectivity index (χ0) is 13.8. The molecule has 5 heteroatoms. The van der Waals surface area contributed by atoms with Gasteiger partial charge in [-0.3, -0.25) is 0 Å². The van der Waals surface area contributed by atoms with Crippen LogP contribution in [0.3, 0.4) is 0 Å². The molecule has 0 aliphatic carbocycles. The molecule has 0 N–H and O–H groups in total. The molecule has 0 bridgehead atoms. The number of fused-ring (bicyclic) bond motifs is 1. The van der Waals surface area contributed by atoms with Crippen LogP contribution in [0.15, 0.2) is 34.5 Å². The Bertz CT molecular complexity index is 627. The van der Waals surface area contributed by atoms with E-state index < -0.39 is 5.97 Å². The summed E-state index contributed by atoms with van der Waals surface area (Å²) in [4.78, 5) is 15.5. The van der Waals surface area contributed by atoms with Gasteiger partial charge in [-0.1, -0.05) is 6.07 Å². The Morgan fingerprint density at radius 2 is 2.26 bits per heavy atom. The Balaban J connectivity index is 2.23. The highest BCUT2D eigenvalue weighted by molar-refractivity contribution is 5.83. The highest BCUT2D eigenvalue weighted by Gasteiger charge is 2.09. The molecule has 0 spiro atoms. The lowest BCUT2D eigenvalue weighted by atomic mass is 10.3. The van der Waals surface area contributed by atoms with Gasteiger partial charge in [0.05, 0.1) is 12.7 Å². The van der Waals surface area contributed by atoms with Crippen molar-refractivity contribution in [1.29, 1.82) is 0 Å².